The van der Waals surface area contributed by atoms with Gasteiger partial charge in [-0.1, -0.05) is 60.7 Å². The monoisotopic (exact) mass is 357 g/mol. The molecule has 0 unspecified atom stereocenters. The molecule has 0 spiro atoms. The maximum Gasteiger partial charge on any atom is 0.0357 e. The highest BCUT2D eigenvalue weighted by molar-refractivity contribution is 14.1. The summed E-state index contributed by atoms with van der Waals surface area (Å²) >= 11 is 2.41. The molecule has 0 atom stereocenters. The van der Waals surface area contributed by atoms with Crippen molar-refractivity contribution in [2.45, 2.75) is 0 Å². The van der Waals surface area contributed by atoms with Crippen molar-refractivity contribution in [2.24, 2.45) is 0 Å². The van der Waals surface area contributed by atoms with E-state index < -0.39 is 0 Å². The van der Waals surface area contributed by atoms with Crippen LogP contribution in [0.25, 0.3) is 22.3 Å². The zero-order chi connectivity index (χ0) is 13.1. The second-order valence-corrected chi connectivity index (χ2v) is 5.36. The van der Waals surface area contributed by atoms with Gasteiger partial charge in [0.15, 0.2) is 0 Å². The minimum atomic E-state index is 1.18. The molecule has 0 amide bonds. The Morgan fingerprint density at radius 3 is 1.47 bits per heavy atom. The van der Waals surface area contributed by atoms with Crippen molar-refractivity contribution in [1.29, 1.82) is 0 Å². The molecule has 0 aliphatic heterocycles. The molecule has 1 aromatic heterocycles. The van der Waals surface area contributed by atoms with Gasteiger partial charge in [0.25, 0.3) is 0 Å². The molecular formula is C17H12IN. The van der Waals surface area contributed by atoms with Crippen LogP contribution in [0.5, 0.6) is 0 Å². The highest BCUT2D eigenvalue weighted by atomic mass is 127. The Labute approximate surface area is 126 Å². The van der Waals surface area contributed by atoms with Crippen LogP contribution in [0.2, 0.25) is 0 Å². The van der Waals surface area contributed by atoms with E-state index in [1.54, 1.807) is 0 Å². The van der Waals surface area contributed by atoms with Gasteiger partial charge in [0.1, 0.15) is 0 Å². The number of hydrogen-bond donors (Lipinski definition) is 0. The number of aromatic nitrogens is 1. The van der Waals surface area contributed by atoms with Gasteiger partial charge in [-0.15, -0.1) is 0 Å². The van der Waals surface area contributed by atoms with Gasteiger partial charge in [0.05, 0.1) is 0 Å². The molecule has 19 heavy (non-hydrogen) atoms. The number of hydrogen-bond acceptors (Lipinski definition) is 1. The zero-order valence-corrected chi connectivity index (χ0v) is 12.4. The number of benzene rings is 2. The Morgan fingerprint density at radius 2 is 1.05 bits per heavy atom. The van der Waals surface area contributed by atoms with Gasteiger partial charge >= 0.3 is 0 Å². The van der Waals surface area contributed by atoms with E-state index in [-0.39, 0.29) is 0 Å². The van der Waals surface area contributed by atoms with E-state index in [0.29, 0.717) is 0 Å². The fourth-order valence-electron chi connectivity index (χ4n) is 2.08. The van der Waals surface area contributed by atoms with Gasteiger partial charge < -0.3 is 0 Å². The quantitative estimate of drug-likeness (QED) is 0.587. The lowest BCUT2D eigenvalue weighted by Gasteiger charge is -2.09. The van der Waals surface area contributed by atoms with Crippen LogP contribution in [0.3, 0.4) is 0 Å². The molecule has 0 fully saturated rings. The summed E-state index contributed by atoms with van der Waals surface area (Å²) in [6.07, 6.45) is 3.87. The first-order valence-corrected chi connectivity index (χ1v) is 7.18. The van der Waals surface area contributed by atoms with E-state index in [4.69, 9.17) is 0 Å². The average Bonchev–Trinajstić information content (AvgIpc) is 2.49. The number of nitrogens with zero attached hydrogens (tertiary/aromatic N) is 1. The number of pyridine rings is 1. The third-order valence-electron chi connectivity index (χ3n) is 3.05. The Kier molecular flexibility index (Phi) is 3.60. The maximum atomic E-state index is 4.39. The van der Waals surface area contributed by atoms with E-state index in [1.165, 1.54) is 25.8 Å². The van der Waals surface area contributed by atoms with Gasteiger partial charge in [0, 0.05) is 27.1 Å². The number of rotatable bonds is 2. The third kappa shape index (κ3) is 2.54. The second kappa shape index (κ2) is 5.53. The fraction of sp³-hybridized carbons (Fsp3) is 0. The van der Waals surface area contributed by atoms with Crippen molar-refractivity contribution in [3.8, 4) is 22.3 Å². The van der Waals surface area contributed by atoms with Crippen LogP contribution in [0.1, 0.15) is 0 Å². The summed E-state index contributed by atoms with van der Waals surface area (Å²) in [4.78, 5) is 4.39. The molecule has 1 nitrogen and oxygen atoms in total. The summed E-state index contributed by atoms with van der Waals surface area (Å²) in [7, 11) is 0. The lowest BCUT2D eigenvalue weighted by atomic mass is 10.0. The van der Waals surface area contributed by atoms with E-state index in [0.717, 1.165) is 0 Å². The molecule has 0 saturated heterocycles. The van der Waals surface area contributed by atoms with Crippen LogP contribution in [0.15, 0.2) is 73.1 Å². The summed E-state index contributed by atoms with van der Waals surface area (Å²) in [5.74, 6) is 0. The summed E-state index contributed by atoms with van der Waals surface area (Å²) in [6.45, 7) is 0. The topological polar surface area (TPSA) is 12.9 Å². The number of halogens is 1. The molecule has 0 aliphatic carbocycles. The lowest BCUT2D eigenvalue weighted by Crippen LogP contribution is -1.90. The standard InChI is InChI=1S/C17H12IN/c18-17-15(13-7-3-1-4-8-13)11-19-12-16(17)14-9-5-2-6-10-14/h1-12H. The first kappa shape index (κ1) is 12.4. The van der Waals surface area contributed by atoms with E-state index in [9.17, 15) is 0 Å². The first-order valence-electron chi connectivity index (χ1n) is 6.10. The molecule has 92 valence electrons. The highest BCUT2D eigenvalue weighted by Gasteiger charge is 2.09. The normalized spacial score (nSPS) is 10.4. The molecule has 0 radical (unpaired) electrons. The van der Waals surface area contributed by atoms with Gasteiger partial charge in [-0.25, -0.2) is 0 Å². The van der Waals surface area contributed by atoms with Crippen LogP contribution in [-0.2, 0) is 0 Å². The molecule has 1 heterocycles. The van der Waals surface area contributed by atoms with Crippen LogP contribution >= 0.6 is 22.6 Å². The van der Waals surface area contributed by atoms with E-state index in [1.807, 2.05) is 24.5 Å². The zero-order valence-electron chi connectivity index (χ0n) is 10.3. The SMILES string of the molecule is Ic1c(-c2ccccc2)cncc1-c1ccccc1. The van der Waals surface area contributed by atoms with Crippen LogP contribution in [-0.4, -0.2) is 4.98 Å². The summed E-state index contributed by atoms with van der Waals surface area (Å²) in [5, 5.41) is 0. The van der Waals surface area contributed by atoms with Crippen molar-refractivity contribution in [3.63, 3.8) is 0 Å². The molecule has 3 rings (SSSR count). The Balaban J connectivity index is 2.15. The van der Waals surface area contributed by atoms with Crippen molar-refractivity contribution in [1.82, 2.24) is 4.98 Å². The van der Waals surface area contributed by atoms with Crippen molar-refractivity contribution in [3.05, 3.63) is 76.6 Å². The van der Waals surface area contributed by atoms with Crippen LogP contribution < -0.4 is 0 Å². The van der Waals surface area contributed by atoms with Crippen molar-refractivity contribution in [2.75, 3.05) is 0 Å². The Bertz CT molecular complexity index is 620. The second-order valence-electron chi connectivity index (χ2n) is 4.28. The van der Waals surface area contributed by atoms with Crippen LogP contribution in [0, 0.1) is 3.57 Å². The average molecular weight is 357 g/mol. The highest BCUT2D eigenvalue weighted by Crippen LogP contribution is 2.32. The lowest BCUT2D eigenvalue weighted by molar-refractivity contribution is 1.31. The Morgan fingerprint density at radius 1 is 0.632 bits per heavy atom. The predicted molar refractivity (Wildman–Crippen MR) is 87.8 cm³/mol. The molecular weight excluding hydrogens is 345 g/mol. The molecule has 0 saturated carbocycles. The molecule has 0 aliphatic rings. The predicted octanol–water partition coefficient (Wildman–Crippen LogP) is 5.02. The van der Waals surface area contributed by atoms with Gasteiger partial charge in [-0.3, -0.25) is 4.98 Å². The first-order chi connectivity index (χ1) is 9.36. The largest absolute Gasteiger partial charge is 0.263 e. The van der Waals surface area contributed by atoms with Crippen molar-refractivity contribution < 1.29 is 0 Å². The van der Waals surface area contributed by atoms with E-state index >= 15 is 0 Å². The molecule has 2 aromatic carbocycles. The Hall–Kier alpha value is -1.68. The molecule has 3 aromatic rings. The summed E-state index contributed by atoms with van der Waals surface area (Å²) < 4.78 is 1.24. The minimum absolute atomic E-state index is 1.18. The van der Waals surface area contributed by atoms with Gasteiger partial charge in [-0.2, -0.15) is 0 Å². The minimum Gasteiger partial charge on any atom is -0.263 e. The van der Waals surface area contributed by atoms with E-state index in [2.05, 4.69) is 76.1 Å². The van der Waals surface area contributed by atoms with Gasteiger partial charge in [-0.05, 0) is 33.7 Å². The van der Waals surface area contributed by atoms with Crippen molar-refractivity contribution >= 4 is 22.6 Å². The third-order valence-corrected chi connectivity index (χ3v) is 4.21. The smallest absolute Gasteiger partial charge is 0.0357 e. The fourth-order valence-corrected chi connectivity index (χ4v) is 2.98. The molecule has 0 N–H and O–H groups in total. The summed E-state index contributed by atoms with van der Waals surface area (Å²) in [6, 6.07) is 20.8. The van der Waals surface area contributed by atoms with Crippen LogP contribution in [0.4, 0.5) is 0 Å². The molecule has 2 heteroatoms. The van der Waals surface area contributed by atoms with Gasteiger partial charge in [0.2, 0.25) is 0 Å². The molecule has 0 bridgehead atoms. The maximum absolute atomic E-state index is 4.39. The summed E-state index contributed by atoms with van der Waals surface area (Å²) in [5.41, 5.74) is 4.78.